The summed E-state index contributed by atoms with van der Waals surface area (Å²) in [6, 6.07) is 3.84. The zero-order chi connectivity index (χ0) is 7.84. The maximum atomic E-state index is 5.74. The Balaban J connectivity index is 2.91. The van der Waals surface area contributed by atoms with E-state index in [4.69, 9.17) is 7.85 Å². The summed E-state index contributed by atoms with van der Waals surface area (Å²) in [5.41, 5.74) is 2.87. The van der Waals surface area contributed by atoms with Gasteiger partial charge in [-0.05, 0) is 18.6 Å². The van der Waals surface area contributed by atoms with E-state index in [9.17, 15) is 0 Å². The van der Waals surface area contributed by atoms with Crippen molar-refractivity contribution in [2.24, 2.45) is 0 Å². The molecule has 0 aliphatic carbocycles. The van der Waals surface area contributed by atoms with Gasteiger partial charge in [0.15, 0.2) is 0 Å². The maximum absolute atomic E-state index is 5.74. The van der Waals surface area contributed by atoms with Crippen LogP contribution in [0, 0.1) is 6.92 Å². The molecule has 2 aromatic rings. The van der Waals surface area contributed by atoms with Crippen LogP contribution in [0.15, 0.2) is 24.5 Å². The molecule has 0 N–H and O–H groups in total. The van der Waals surface area contributed by atoms with Crippen molar-refractivity contribution in [1.29, 1.82) is 0 Å². The normalized spacial score (nSPS) is 10.6. The molecule has 0 saturated carbocycles. The van der Waals surface area contributed by atoms with Crippen LogP contribution in [0.2, 0.25) is 0 Å². The molecule has 52 valence electrons. The Morgan fingerprint density at radius 1 is 1.55 bits per heavy atom. The fourth-order valence-corrected chi connectivity index (χ4v) is 1.20. The SMILES string of the molecule is [B]c1cc(C)cn2nccc12. The molecule has 0 unspecified atom stereocenters. The monoisotopic (exact) mass is 142 g/mol. The first-order valence-electron chi connectivity index (χ1n) is 3.47. The van der Waals surface area contributed by atoms with Crippen LogP contribution in [0.25, 0.3) is 5.52 Å². The molecular weight excluding hydrogens is 135 g/mol. The zero-order valence-electron chi connectivity index (χ0n) is 6.28. The number of aromatic nitrogens is 2. The van der Waals surface area contributed by atoms with Gasteiger partial charge in [0.25, 0.3) is 0 Å². The molecular formula is C8H7BN2. The van der Waals surface area contributed by atoms with Crippen molar-refractivity contribution in [3.05, 3.63) is 30.1 Å². The standard InChI is InChI=1S/C8H7BN2/c1-6-4-7(9)8-2-3-10-11(8)5-6/h2-5H,1H3. The van der Waals surface area contributed by atoms with Gasteiger partial charge in [-0.15, -0.1) is 0 Å². The molecule has 0 bridgehead atoms. The molecule has 0 saturated heterocycles. The summed E-state index contributed by atoms with van der Waals surface area (Å²) in [5.74, 6) is 0. The smallest absolute Gasteiger partial charge is 0.116 e. The molecule has 2 aromatic heterocycles. The lowest BCUT2D eigenvalue weighted by Crippen LogP contribution is -2.07. The number of aryl methyl sites for hydroxylation is 1. The molecule has 11 heavy (non-hydrogen) atoms. The van der Waals surface area contributed by atoms with Crippen molar-refractivity contribution < 1.29 is 0 Å². The van der Waals surface area contributed by atoms with E-state index < -0.39 is 0 Å². The van der Waals surface area contributed by atoms with E-state index >= 15 is 0 Å². The first kappa shape index (κ1) is 6.46. The topological polar surface area (TPSA) is 17.3 Å². The van der Waals surface area contributed by atoms with Crippen LogP contribution >= 0.6 is 0 Å². The lowest BCUT2D eigenvalue weighted by Gasteiger charge is -1.99. The molecule has 0 aliphatic rings. The summed E-state index contributed by atoms with van der Waals surface area (Å²) in [5, 5.41) is 4.08. The van der Waals surface area contributed by atoms with E-state index in [2.05, 4.69) is 5.10 Å². The second-order valence-electron chi connectivity index (χ2n) is 2.63. The molecule has 0 amide bonds. The van der Waals surface area contributed by atoms with Crippen LogP contribution in [0.4, 0.5) is 0 Å². The Kier molecular flexibility index (Phi) is 1.25. The van der Waals surface area contributed by atoms with E-state index in [1.165, 1.54) is 0 Å². The number of hydrogen-bond acceptors (Lipinski definition) is 1. The van der Waals surface area contributed by atoms with Gasteiger partial charge >= 0.3 is 0 Å². The first-order chi connectivity index (χ1) is 5.27. The van der Waals surface area contributed by atoms with E-state index in [0.29, 0.717) is 0 Å². The van der Waals surface area contributed by atoms with Crippen molar-refractivity contribution in [3.8, 4) is 0 Å². The van der Waals surface area contributed by atoms with Crippen LogP contribution in [-0.2, 0) is 0 Å². The molecule has 3 heteroatoms. The third-order valence-electron chi connectivity index (χ3n) is 1.68. The molecule has 0 spiro atoms. The molecule has 0 atom stereocenters. The zero-order valence-corrected chi connectivity index (χ0v) is 6.28. The Morgan fingerprint density at radius 3 is 3.18 bits per heavy atom. The van der Waals surface area contributed by atoms with Gasteiger partial charge in [0, 0.05) is 12.4 Å². The van der Waals surface area contributed by atoms with Crippen LogP contribution in [0.5, 0.6) is 0 Å². The second kappa shape index (κ2) is 2.12. The lowest BCUT2D eigenvalue weighted by molar-refractivity contribution is 0.955. The minimum Gasteiger partial charge on any atom is -0.241 e. The van der Waals surface area contributed by atoms with Gasteiger partial charge in [-0.25, -0.2) is 4.52 Å². The van der Waals surface area contributed by atoms with Gasteiger partial charge in [-0.3, -0.25) is 0 Å². The summed E-state index contributed by atoms with van der Waals surface area (Å²) < 4.78 is 1.78. The molecule has 0 aromatic carbocycles. The van der Waals surface area contributed by atoms with Crippen molar-refractivity contribution in [2.75, 3.05) is 0 Å². The summed E-state index contributed by atoms with van der Waals surface area (Å²) >= 11 is 0. The van der Waals surface area contributed by atoms with Crippen LogP contribution in [0.1, 0.15) is 5.56 Å². The quantitative estimate of drug-likeness (QED) is 0.487. The average molecular weight is 142 g/mol. The third-order valence-corrected chi connectivity index (χ3v) is 1.68. The summed E-state index contributed by atoms with van der Waals surface area (Å²) in [4.78, 5) is 0. The van der Waals surface area contributed by atoms with Gasteiger partial charge in [-0.1, -0.05) is 11.5 Å². The Morgan fingerprint density at radius 2 is 2.36 bits per heavy atom. The summed E-state index contributed by atoms with van der Waals surface area (Å²) in [6.07, 6.45) is 3.69. The van der Waals surface area contributed by atoms with Crippen LogP contribution in [-0.4, -0.2) is 17.5 Å². The van der Waals surface area contributed by atoms with Crippen LogP contribution < -0.4 is 5.46 Å². The highest BCUT2D eigenvalue weighted by atomic mass is 15.2. The highest BCUT2D eigenvalue weighted by Gasteiger charge is 1.96. The molecule has 2 rings (SSSR count). The lowest BCUT2D eigenvalue weighted by atomic mass is 9.95. The van der Waals surface area contributed by atoms with Gasteiger partial charge in [0.1, 0.15) is 7.85 Å². The number of pyridine rings is 1. The number of fused-ring (bicyclic) bond motifs is 1. The highest BCUT2D eigenvalue weighted by Crippen LogP contribution is 2.00. The predicted octanol–water partition coefficient (Wildman–Crippen LogP) is 0.437. The van der Waals surface area contributed by atoms with Gasteiger partial charge in [0.05, 0.1) is 5.52 Å². The molecule has 0 fully saturated rings. The van der Waals surface area contributed by atoms with E-state index in [0.717, 1.165) is 16.5 Å². The van der Waals surface area contributed by atoms with Gasteiger partial charge < -0.3 is 0 Å². The first-order valence-corrected chi connectivity index (χ1v) is 3.47. The predicted molar refractivity (Wildman–Crippen MR) is 45.3 cm³/mol. The van der Waals surface area contributed by atoms with E-state index in [1.807, 2.05) is 25.3 Å². The summed E-state index contributed by atoms with van der Waals surface area (Å²) in [7, 11) is 5.74. The summed E-state index contributed by atoms with van der Waals surface area (Å²) in [6.45, 7) is 2.00. The highest BCUT2D eigenvalue weighted by molar-refractivity contribution is 6.36. The van der Waals surface area contributed by atoms with Crippen molar-refractivity contribution in [2.45, 2.75) is 6.92 Å². The van der Waals surface area contributed by atoms with Crippen molar-refractivity contribution in [3.63, 3.8) is 0 Å². The molecule has 2 radical (unpaired) electrons. The number of rotatable bonds is 0. The van der Waals surface area contributed by atoms with Gasteiger partial charge in [0.2, 0.25) is 0 Å². The Hall–Kier alpha value is -1.25. The third kappa shape index (κ3) is 0.927. The fraction of sp³-hybridized carbons (Fsp3) is 0.125. The molecule has 0 aliphatic heterocycles. The maximum Gasteiger partial charge on any atom is 0.116 e. The largest absolute Gasteiger partial charge is 0.241 e. The minimum atomic E-state index is 0.780. The molecule has 2 heterocycles. The number of nitrogens with zero attached hydrogens (tertiary/aromatic N) is 2. The molecule has 2 nitrogen and oxygen atoms in total. The Labute approximate surface area is 66.3 Å². The van der Waals surface area contributed by atoms with Crippen molar-refractivity contribution in [1.82, 2.24) is 9.61 Å². The van der Waals surface area contributed by atoms with Crippen LogP contribution in [0.3, 0.4) is 0 Å². The Bertz CT molecular complexity index is 392. The minimum absolute atomic E-state index is 0.780. The number of hydrogen-bond donors (Lipinski definition) is 0. The van der Waals surface area contributed by atoms with Gasteiger partial charge in [-0.2, -0.15) is 5.10 Å². The van der Waals surface area contributed by atoms with E-state index in [1.54, 1.807) is 10.7 Å². The van der Waals surface area contributed by atoms with Crippen molar-refractivity contribution >= 4 is 18.8 Å². The fourth-order valence-electron chi connectivity index (χ4n) is 1.20. The second-order valence-corrected chi connectivity index (χ2v) is 2.63. The average Bonchev–Trinajstić information content (AvgIpc) is 2.34. The van der Waals surface area contributed by atoms with E-state index in [-0.39, 0.29) is 0 Å².